The molecule has 0 aromatic heterocycles. The second-order valence-corrected chi connectivity index (χ2v) is 5.03. The van der Waals surface area contributed by atoms with Crippen LogP contribution in [0.3, 0.4) is 0 Å². The summed E-state index contributed by atoms with van der Waals surface area (Å²) in [6.45, 7) is 5.45. The van der Waals surface area contributed by atoms with Gasteiger partial charge in [0.2, 0.25) is 0 Å². The van der Waals surface area contributed by atoms with Crippen molar-refractivity contribution in [3.63, 3.8) is 0 Å². The molecule has 0 bridgehead atoms. The minimum absolute atomic E-state index is 0.0463. The molecular formula is C16H21N3O4. The van der Waals surface area contributed by atoms with Gasteiger partial charge in [0.25, 0.3) is 0 Å². The Bertz CT molecular complexity index is 577. The van der Waals surface area contributed by atoms with Crippen molar-refractivity contribution in [2.75, 3.05) is 31.7 Å². The molecule has 1 heterocycles. The Morgan fingerprint density at radius 3 is 2.74 bits per heavy atom. The summed E-state index contributed by atoms with van der Waals surface area (Å²) in [7, 11) is 0. The van der Waals surface area contributed by atoms with Gasteiger partial charge in [-0.05, 0) is 38.1 Å². The highest BCUT2D eigenvalue weighted by molar-refractivity contribution is 6.35. The Kier molecular flexibility index (Phi) is 6.25. The number of morpholine rings is 1. The maximum atomic E-state index is 12.3. The number of Topliss-reactive ketones (excluding diaryl/α,β-unsaturated/α-hetero) is 1. The molecule has 1 unspecified atom stereocenters. The molecule has 0 aliphatic carbocycles. The maximum Gasteiger partial charge on any atom is 0.354 e. The van der Waals surface area contributed by atoms with Crippen LogP contribution in [0, 0.1) is 0 Å². The monoisotopic (exact) mass is 319 g/mol. The van der Waals surface area contributed by atoms with E-state index in [2.05, 4.69) is 15.8 Å². The Hall–Kier alpha value is -2.25. The summed E-state index contributed by atoms with van der Waals surface area (Å²) in [4.78, 5) is 23.7. The Morgan fingerprint density at radius 1 is 1.39 bits per heavy atom. The molecule has 23 heavy (non-hydrogen) atoms. The van der Waals surface area contributed by atoms with Crippen molar-refractivity contribution >= 4 is 23.2 Å². The van der Waals surface area contributed by atoms with Crippen molar-refractivity contribution in [1.82, 2.24) is 5.32 Å². The predicted octanol–water partition coefficient (Wildman–Crippen LogP) is 1.21. The van der Waals surface area contributed by atoms with Gasteiger partial charge in [-0.1, -0.05) is 0 Å². The van der Waals surface area contributed by atoms with Crippen molar-refractivity contribution in [2.24, 2.45) is 5.10 Å². The summed E-state index contributed by atoms with van der Waals surface area (Å²) in [6, 6.07) is 6.87. The third kappa shape index (κ3) is 4.87. The molecule has 0 saturated carbocycles. The smallest absolute Gasteiger partial charge is 0.354 e. The molecule has 1 aliphatic rings. The van der Waals surface area contributed by atoms with Gasteiger partial charge in [0.05, 0.1) is 18.9 Å². The summed E-state index contributed by atoms with van der Waals surface area (Å²) >= 11 is 0. The Labute approximate surface area is 135 Å². The van der Waals surface area contributed by atoms with Gasteiger partial charge in [0.1, 0.15) is 11.8 Å². The number of carbonyl (C=O) groups is 2. The van der Waals surface area contributed by atoms with Gasteiger partial charge in [-0.15, -0.1) is 0 Å². The fraction of sp³-hybridized carbons (Fsp3) is 0.438. The Balaban J connectivity index is 1.95. The highest BCUT2D eigenvalue weighted by atomic mass is 16.5. The molecule has 1 fully saturated rings. The number of anilines is 1. The fourth-order valence-electron chi connectivity index (χ4n) is 2.06. The summed E-state index contributed by atoms with van der Waals surface area (Å²) < 4.78 is 10.3. The van der Waals surface area contributed by atoms with E-state index in [1.165, 1.54) is 0 Å². The summed E-state index contributed by atoms with van der Waals surface area (Å²) in [5.41, 5.74) is 4.24. The maximum absolute atomic E-state index is 12.3. The number of hydrogen-bond donors (Lipinski definition) is 2. The highest BCUT2D eigenvalue weighted by Gasteiger charge is 2.22. The minimum atomic E-state index is -0.464. The number of ketones is 1. The highest BCUT2D eigenvalue weighted by Crippen LogP contribution is 2.13. The van der Waals surface area contributed by atoms with Crippen LogP contribution in [0.2, 0.25) is 0 Å². The molecular weight excluding hydrogens is 298 g/mol. The van der Waals surface area contributed by atoms with Gasteiger partial charge in [0, 0.05) is 18.7 Å². The normalized spacial score (nSPS) is 18.3. The van der Waals surface area contributed by atoms with Crippen LogP contribution in [0.25, 0.3) is 0 Å². The van der Waals surface area contributed by atoms with Gasteiger partial charge in [0.15, 0.2) is 5.78 Å². The topological polar surface area (TPSA) is 89.0 Å². The SMILES string of the molecule is CCOC(=O)/C(C)=N\Nc1ccc(C(=O)C2CNCCO2)cc1. The van der Waals surface area contributed by atoms with Gasteiger partial charge >= 0.3 is 5.97 Å². The first-order chi connectivity index (χ1) is 11.1. The quantitative estimate of drug-likeness (QED) is 0.354. The van der Waals surface area contributed by atoms with E-state index in [-0.39, 0.29) is 11.5 Å². The molecule has 124 valence electrons. The predicted molar refractivity (Wildman–Crippen MR) is 86.7 cm³/mol. The van der Waals surface area contributed by atoms with Gasteiger partial charge in [-0.25, -0.2) is 4.79 Å². The number of rotatable bonds is 6. The van der Waals surface area contributed by atoms with Crippen LogP contribution in [0.4, 0.5) is 5.69 Å². The Morgan fingerprint density at radius 2 is 2.13 bits per heavy atom. The molecule has 1 atom stereocenters. The van der Waals surface area contributed by atoms with Crippen LogP contribution in [0.1, 0.15) is 24.2 Å². The summed E-state index contributed by atoms with van der Waals surface area (Å²) in [5.74, 6) is -0.510. The number of hydrazone groups is 1. The molecule has 1 aliphatic heterocycles. The molecule has 7 heteroatoms. The lowest BCUT2D eigenvalue weighted by Crippen LogP contribution is -2.43. The van der Waals surface area contributed by atoms with Crippen LogP contribution in [-0.4, -0.2) is 49.9 Å². The zero-order valence-corrected chi connectivity index (χ0v) is 13.3. The molecule has 2 N–H and O–H groups in total. The fourth-order valence-corrected chi connectivity index (χ4v) is 2.06. The average Bonchev–Trinajstić information content (AvgIpc) is 2.60. The van der Waals surface area contributed by atoms with Gasteiger partial charge < -0.3 is 14.8 Å². The lowest BCUT2D eigenvalue weighted by atomic mass is 10.1. The first-order valence-electron chi connectivity index (χ1n) is 7.56. The van der Waals surface area contributed by atoms with E-state index in [4.69, 9.17) is 9.47 Å². The number of nitrogens with zero attached hydrogens (tertiary/aromatic N) is 1. The van der Waals surface area contributed by atoms with Crippen molar-refractivity contribution in [3.05, 3.63) is 29.8 Å². The molecule has 7 nitrogen and oxygen atoms in total. The summed E-state index contributed by atoms with van der Waals surface area (Å²) in [5, 5.41) is 7.08. The zero-order chi connectivity index (χ0) is 16.7. The lowest BCUT2D eigenvalue weighted by molar-refractivity contribution is -0.135. The second kappa shape index (κ2) is 8.40. The van der Waals surface area contributed by atoms with Crippen molar-refractivity contribution in [3.8, 4) is 0 Å². The largest absolute Gasteiger partial charge is 0.461 e. The minimum Gasteiger partial charge on any atom is -0.461 e. The van der Waals surface area contributed by atoms with E-state index in [0.29, 0.717) is 31.0 Å². The number of benzene rings is 1. The average molecular weight is 319 g/mol. The van der Waals surface area contributed by atoms with Crippen LogP contribution in [0.15, 0.2) is 29.4 Å². The third-order valence-electron chi connectivity index (χ3n) is 3.31. The van der Waals surface area contributed by atoms with E-state index in [9.17, 15) is 9.59 Å². The van der Waals surface area contributed by atoms with Crippen molar-refractivity contribution in [1.29, 1.82) is 0 Å². The first-order valence-corrected chi connectivity index (χ1v) is 7.56. The van der Waals surface area contributed by atoms with Crippen LogP contribution in [-0.2, 0) is 14.3 Å². The molecule has 1 saturated heterocycles. The van der Waals surface area contributed by atoms with E-state index in [1.54, 1.807) is 38.1 Å². The zero-order valence-electron chi connectivity index (χ0n) is 13.3. The van der Waals surface area contributed by atoms with E-state index < -0.39 is 12.1 Å². The van der Waals surface area contributed by atoms with Crippen molar-refractivity contribution in [2.45, 2.75) is 20.0 Å². The summed E-state index contributed by atoms with van der Waals surface area (Å²) in [6.07, 6.45) is -0.438. The molecule has 1 aromatic carbocycles. The number of ether oxygens (including phenoxy) is 2. The van der Waals surface area contributed by atoms with Crippen molar-refractivity contribution < 1.29 is 19.1 Å². The molecule has 0 spiro atoms. The van der Waals surface area contributed by atoms with Crippen LogP contribution in [0.5, 0.6) is 0 Å². The van der Waals surface area contributed by atoms with Gasteiger partial charge in [-0.3, -0.25) is 10.2 Å². The molecule has 0 amide bonds. The third-order valence-corrected chi connectivity index (χ3v) is 3.31. The first kappa shape index (κ1) is 17.1. The van der Waals surface area contributed by atoms with Crippen LogP contribution >= 0.6 is 0 Å². The lowest BCUT2D eigenvalue weighted by Gasteiger charge is -2.22. The molecule has 0 radical (unpaired) electrons. The molecule has 2 rings (SSSR count). The van der Waals surface area contributed by atoms with Gasteiger partial charge in [-0.2, -0.15) is 5.10 Å². The van der Waals surface area contributed by atoms with Crippen LogP contribution < -0.4 is 10.7 Å². The number of nitrogens with one attached hydrogen (secondary N) is 2. The number of carbonyl (C=O) groups excluding carboxylic acids is 2. The number of esters is 1. The number of hydrogen-bond acceptors (Lipinski definition) is 7. The van der Waals surface area contributed by atoms with E-state index >= 15 is 0 Å². The molecule has 1 aromatic rings. The standard InChI is InChI=1S/C16H21N3O4/c1-3-22-16(21)11(2)18-19-13-6-4-12(5-7-13)15(20)14-10-17-8-9-23-14/h4-7,14,17,19H,3,8-10H2,1-2H3/b18-11-. The van der Waals surface area contributed by atoms with E-state index in [1.807, 2.05) is 0 Å². The van der Waals surface area contributed by atoms with E-state index in [0.717, 1.165) is 6.54 Å². The second-order valence-electron chi connectivity index (χ2n) is 5.03.